The predicted octanol–water partition coefficient (Wildman–Crippen LogP) is 4.53. The van der Waals surface area contributed by atoms with Gasteiger partial charge in [-0.25, -0.2) is 0 Å². The summed E-state index contributed by atoms with van der Waals surface area (Å²) in [6.45, 7) is 8.42. The molecule has 1 N–H and O–H groups in total. The number of ether oxygens (including phenoxy) is 1. The van der Waals surface area contributed by atoms with Crippen molar-refractivity contribution in [1.82, 2.24) is 10.2 Å². The molecule has 1 heterocycles. The van der Waals surface area contributed by atoms with Crippen molar-refractivity contribution in [3.05, 3.63) is 65.7 Å². The molecule has 0 radical (unpaired) electrons. The standard InChI is InChI=1S/C24H32N2O2/c1-19(2)25-23(27)24(3)15-7-8-16-26(24)17-20-11-13-22(14-12-20)28-18-21-9-5-4-6-10-21/h4-6,9-14,19H,7-8,15-18H2,1-3H3,(H,25,27). The molecule has 0 bridgehead atoms. The van der Waals surface area contributed by atoms with Crippen LogP contribution in [0, 0.1) is 0 Å². The molecule has 0 aliphatic carbocycles. The van der Waals surface area contributed by atoms with Crippen LogP contribution in [0.4, 0.5) is 0 Å². The van der Waals surface area contributed by atoms with Crippen LogP contribution in [0.5, 0.6) is 5.75 Å². The van der Waals surface area contributed by atoms with Crippen LogP contribution >= 0.6 is 0 Å². The van der Waals surface area contributed by atoms with Crippen LogP contribution in [0.25, 0.3) is 0 Å². The van der Waals surface area contributed by atoms with E-state index in [1.165, 1.54) is 5.56 Å². The van der Waals surface area contributed by atoms with E-state index in [0.717, 1.165) is 43.7 Å². The second-order valence-electron chi connectivity index (χ2n) is 8.20. The fourth-order valence-electron chi connectivity index (χ4n) is 3.76. The lowest BCUT2D eigenvalue weighted by Crippen LogP contribution is -2.59. The zero-order valence-electron chi connectivity index (χ0n) is 17.3. The Balaban J connectivity index is 1.62. The molecule has 2 aromatic carbocycles. The summed E-state index contributed by atoms with van der Waals surface area (Å²) in [7, 11) is 0. The Morgan fingerprint density at radius 2 is 1.79 bits per heavy atom. The van der Waals surface area contributed by atoms with Crippen LogP contribution < -0.4 is 10.1 Å². The van der Waals surface area contributed by atoms with Crippen molar-refractivity contribution >= 4 is 5.91 Å². The van der Waals surface area contributed by atoms with Crippen molar-refractivity contribution in [2.75, 3.05) is 6.54 Å². The topological polar surface area (TPSA) is 41.6 Å². The highest BCUT2D eigenvalue weighted by molar-refractivity contribution is 5.86. The van der Waals surface area contributed by atoms with E-state index in [4.69, 9.17) is 4.74 Å². The average molecular weight is 381 g/mol. The number of amides is 1. The summed E-state index contributed by atoms with van der Waals surface area (Å²) in [5, 5.41) is 3.11. The molecule has 1 saturated heterocycles. The van der Waals surface area contributed by atoms with Gasteiger partial charge >= 0.3 is 0 Å². The molecule has 0 aromatic heterocycles. The molecule has 4 nitrogen and oxygen atoms in total. The Morgan fingerprint density at radius 1 is 1.07 bits per heavy atom. The molecule has 1 aliphatic rings. The molecule has 1 fully saturated rings. The zero-order valence-corrected chi connectivity index (χ0v) is 17.3. The van der Waals surface area contributed by atoms with Gasteiger partial charge in [0.2, 0.25) is 5.91 Å². The van der Waals surface area contributed by atoms with Gasteiger partial charge in [0.15, 0.2) is 0 Å². The molecule has 4 heteroatoms. The van der Waals surface area contributed by atoms with Crippen LogP contribution in [-0.4, -0.2) is 28.9 Å². The van der Waals surface area contributed by atoms with Gasteiger partial charge in [0.1, 0.15) is 12.4 Å². The van der Waals surface area contributed by atoms with Crippen LogP contribution in [0.15, 0.2) is 54.6 Å². The lowest BCUT2D eigenvalue weighted by molar-refractivity contribution is -0.136. The highest BCUT2D eigenvalue weighted by atomic mass is 16.5. The second-order valence-corrected chi connectivity index (χ2v) is 8.20. The molecule has 150 valence electrons. The Hall–Kier alpha value is -2.33. The maximum Gasteiger partial charge on any atom is 0.240 e. The first-order valence-electron chi connectivity index (χ1n) is 10.3. The minimum absolute atomic E-state index is 0.144. The van der Waals surface area contributed by atoms with Crippen molar-refractivity contribution in [3.63, 3.8) is 0 Å². The van der Waals surface area contributed by atoms with Gasteiger partial charge in [0.25, 0.3) is 0 Å². The molecule has 0 saturated carbocycles. The van der Waals surface area contributed by atoms with E-state index in [2.05, 4.69) is 41.4 Å². The lowest BCUT2D eigenvalue weighted by Gasteiger charge is -2.44. The largest absolute Gasteiger partial charge is 0.489 e. The van der Waals surface area contributed by atoms with Crippen LogP contribution in [0.2, 0.25) is 0 Å². The van der Waals surface area contributed by atoms with Crippen molar-refractivity contribution in [3.8, 4) is 5.75 Å². The number of hydrogen-bond donors (Lipinski definition) is 1. The van der Waals surface area contributed by atoms with Crippen molar-refractivity contribution in [2.24, 2.45) is 0 Å². The Bertz CT molecular complexity index is 758. The first-order valence-corrected chi connectivity index (χ1v) is 10.3. The van der Waals surface area contributed by atoms with Crippen molar-refractivity contribution in [1.29, 1.82) is 0 Å². The summed E-state index contributed by atoms with van der Waals surface area (Å²) in [4.78, 5) is 15.2. The Kier molecular flexibility index (Phi) is 6.74. The van der Waals surface area contributed by atoms with Crippen molar-refractivity contribution in [2.45, 2.75) is 64.8 Å². The average Bonchev–Trinajstić information content (AvgIpc) is 2.69. The minimum Gasteiger partial charge on any atom is -0.489 e. The number of nitrogens with one attached hydrogen (secondary N) is 1. The van der Waals surface area contributed by atoms with Gasteiger partial charge in [0, 0.05) is 12.6 Å². The van der Waals surface area contributed by atoms with E-state index < -0.39 is 5.54 Å². The predicted molar refractivity (Wildman–Crippen MR) is 113 cm³/mol. The maximum atomic E-state index is 12.8. The van der Waals surface area contributed by atoms with Gasteiger partial charge < -0.3 is 10.1 Å². The van der Waals surface area contributed by atoms with E-state index in [0.29, 0.717) is 6.61 Å². The number of nitrogens with zero attached hydrogens (tertiary/aromatic N) is 1. The molecule has 1 amide bonds. The van der Waals surface area contributed by atoms with E-state index in [1.807, 2.05) is 44.2 Å². The Morgan fingerprint density at radius 3 is 2.46 bits per heavy atom. The quantitative estimate of drug-likeness (QED) is 0.767. The normalized spacial score (nSPS) is 20.1. The monoisotopic (exact) mass is 380 g/mol. The first kappa shape index (κ1) is 20.4. The first-order chi connectivity index (χ1) is 13.5. The highest BCUT2D eigenvalue weighted by Gasteiger charge is 2.41. The van der Waals surface area contributed by atoms with Gasteiger partial charge in [-0.1, -0.05) is 42.5 Å². The maximum absolute atomic E-state index is 12.8. The summed E-state index contributed by atoms with van der Waals surface area (Å²) >= 11 is 0. The molecule has 1 atom stereocenters. The molecule has 1 aliphatic heterocycles. The van der Waals surface area contributed by atoms with Crippen LogP contribution in [-0.2, 0) is 17.9 Å². The van der Waals surface area contributed by atoms with Gasteiger partial charge in [-0.2, -0.15) is 0 Å². The SMILES string of the molecule is CC(C)NC(=O)C1(C)CCCCN1Cc1ccc(OCc2ccccc2)cc1. The number of carbonyl (C=O) groups excluding carboxylic acids is 1. The third kappa shape index (κ3) is 5.14. The van der Waals surface area contributed by atoms with Crippen LogP contribution in [0.3, 0.4) is 0 Å². The van der Waals surface area contributed by atoms with Gasteiger partial charge in [0.05, 0.1) is 5.54 Å². The number of carbonyl (C=O) groups is 1. The fourth-order valence-corrected chi connectivity index (χ4v) is 3.76. The van der Waals surface area contributed by atoms with E-state index in [-0.39, 0.29) is 11.9 Å². The Labute approximate surface area is 168 Å². The van der Waals surface area contributed by atoms with Gasteiger partial charge in [-0.3, -0.25) is 9.69 Å². The lowest BCUT2D eigenvalue weighted by atomic mass is 9.86. The molecule has 28 heavy (non-hydrogen) atoms. The zero-order chi connectivity index (χ0) is 20.0. The minimum atomic E-state index is -0.439. The molecule has 3 rings (SSSR count). The number of hydrogen-bond acceptors (Lipinski definition) is 3. The number of likely N-dealkylation sites (tertiary alicyclic amines) is 1. The second kappa shape index (κ2) is 9.24. The summed E-state index contributed by atoms with van der Waals surface area (Å²) in [5.74, 6) is 1.01. The third-order valence-corrected chi connectivity index (χ3v) is 5.49. The van der Waals surface area contributed by atoms with E-state index in [9.17, 15) is 4.79 Å². The molecular weight excluding hydrogens is 348 g/mol. The molecule has 0 spiro atoms. The van der Waals surface area contributed by atoms with E-state index >= 15 is 0 Å². The number of benzene rings is 2. The van der Waals surface area contributed by atoms with Crippen LogP contribution in [0.1, 0.15) is 51.2 Å². The van der Waals surface area contributed by atoms with Crippen molar-refractivity contribution < 1.29 is 9.53 Å². The molecule has 2 aromatic rings. The van der Waals surface area contributed by atoms with E-state index in [1.54, 1.807) is 0 Å². The summed E-state index contributed by atoms with van der Waals surface area (Å²) in [6, 6.07) is 18.6. The summed E-state index contributed by atoms with van der Waals surface area (Å²) < 4.78 is 5.88. The van der Waals surface area contributed by atoms with Gasteiger partial charge in [-0.15, -0.1) is 0 Å². The van der Waals surface area contributed by atoms with Gasteiger partial charge in [-0.05, 0) is 69.8 Å². The molecule has 1 unspecified atom stereocenters. The highest BCUT2D eigenvalue weighted by Crippen LogP contribution is 2.30. The third-order valence-electron chi connectivity index (χ3n) is 5.49. The smallest absolute Gasteiger partial charge is 0.240 e. The molecular formula is C24H32N2O2. The number of piperidine rings is 1. The summed E-state index contributed by atoms with van der Waals surface area (Å²) in [5.41, 5.74) is 1.93. The summed E-state index contributed by atoms with van der Waals surface area (Å²) in [6.07, 6.45) is 3.15. The fraction of sp³-hybridized carbons (Fsp3) is 0.458. The number of rotatable bonds is 7.